The molecule has 1 fully saturated rings. The average molecular weight is 260 g/mol. The number of hydrogen-bond acceptors (Lipinski definition) is 2. The average Bonchev–Trinajstić information content (AvgIpc) is 2.68. The highest BCUT2D eigenvalue weighted by atomic mass is 15.2. The molecule has 2 heteroatoms. The highest BCUT2D eigenvalue weighted by Crippen LogP contribution is 2.27. The molecule has 1 saturated carbocycles. The Balaban J connectivity index is 2.13. The fourth-order valence-electron chi connectivity index (χ4n) is 3.16. The summed E-state index contributed by atoms with van der Waals surface area (Å²) < 4.78 is 0. The van der Waals surface area contributed by atoms with Crippen molar-refractivity contribution in [3.63, 3.8) is 0 Å². The Morgan fingerprint density at radius 1 is 1.16 bits per heavy atom. The van der Waals surface area contributed by atoms with Crippen LogP contribution in [0.3, 0.4) is 0 Å². The van der Waals surface area contributed by atoms with Crippen molar-refractivity contribution in [2.75, 3.05) is 18.0 Å². The van der Waals surface area contributed by atoms with Crippen molar-refractivity contribution in [1.29, 1.82) is 0 Å². The minimum absolute atomic E-state index is 0.718. The molecule has 0 heterocycles. The SMILES string of the molecule is Cc1cccc(N(CCCN)C2CCCCCC2)c1. The van der Waals surface area contributed by atoms with Crippen LogP contribution in [0.15, 0.2) is 24.3 Å². The van der Waals surface area contributed by atoms with Crippen LogP contribution < -0.4 is 10.6 Å². The van der Waals surface area contributed by atoms with Gasteiger partial charge in [-0.1, -0.05) is 37.8 Å². The fourth-order valence-corrected chi connectivity index (χ4v) is 3.16. The molecule has 2 rings (SSSR count). The van der Waals surface area contributed by atoms with Crippen LogP contribution in [0.2, 0.25) is 0 Å². The third-order valence-electron chi connectivity index (χ3n) is 4.20. The van der Waals surface area contributed by atoms with Crippen LogP contribution in [0, 0.1) is 6.92 Å². The lowest BCUT2D eigenvalue weighted by Crippen LogP contribution is -2.36. The molecule has 0 aromatic heterocycles. The summed E-state index contributed by atoms with van der Waals surface area (Å²) in [6, 6.07) is 9.65. The van der Waals surface area contributed by atoms with E-state index in [0.717, 1.165) is 25.6 Å². The molecule has 0 unspecified atom stereocenters. The Bertz CT molecular complexity index is 367. The first kappa shape index (κ1) is 14.4. The molecule has 106 valence electrons. The van der Waals surface area contributed by atoms with Crippen molar-refractivity contribution in [2.45, 2.75) is 57.9 Å². The Morgan fingerprint density at radius 2 is 1.89 bits per heavy atom. The maximum atomic E-state index is 5.72. The third-order valence-corrected chi connectivity index (χ3v) is 4.20. The van der Waals surface area contributed by atoms with Gasteiger partial charge in [-0.15, -0.1) is 0 Å². The van der Waals surface area contributed by atoms with E-state index in [4.69, 9.17) is 5.73 Å². The summed E-state index contributed by atoms with van der Waals surface area (Å²) in [6.45, 7) is 4.07. The summed E-state index contributed by atoms with van der Waals surface area (Å²) in [7, 11) is 0. The van der Waals surface area contributed by atoms with Gasteiger partial charge >= 0.3 is 0 Å². The zero-order valence-electron chi connectivity index (χ0n) is 12.3. The molecule has 0 atom stereocenters. The lowest BCUT2D eigenvalue weighted by Gasteiger charge is -2.33. The number of benzene rings is 1. The molecule has 2 N–H and O–H groups in total. The first-order valence-corrected chi connectivity index (χ1v) is 7.84. The lowest BCUT2D eigenvalue weighted by molar-refractivity contribution is 0.519. The monoisotopic (exact) mass is 260 g/mol. The Hall–Kier alpha value is -1.02. The normalized spacial score (nSPS) is 17.2. The topological polar surface area (TPSA) is 29.3 Å². The molecular weight excluding hydrogens is 232 g/mol. The van der Waals surface area contributed by atoms with Gasteiger partial charge < -0.3 is 10.6 Å². The molecule has 0 spiro atoms. The molecule has 0 amide bonds. The molecule has 1 aromatic rings. The van der Waals surface area contributed by atoms with Gasteiger partial charge in [0.1, 0.15) is 0 Å². The van der Waals surface area contributed by atoms with Crippen LogP contribution in [-0.2, 0) is 0 Å². The van der Waals surface area contributed by atoms with E-state index >= 15 is 0 Å². The van der Waals surface area contributed by atoms with E-state index in [2.05, 4.69) is 36.1 Å². The number of nitrogens with zero attached hydrogens (tertiary/aromatic N) is 1. The molecule has 0 bridgehead atoms. The molecule has 19 heavy (non-hydrogen) atoms. The van der Waals surface area contributed by atoms with E-state index < -0.39 is 0 Å². The summed E-state index contributed by atoms with van der Waals surface area (Å²) in [5.74, 6) is 0. The van der Waals surface area contributed by atoms with E-state index in [1.54, 1.807) is 0 Å². The van der Waals surface area contributed by atoms with Gasteiger partial charge in [-0.3, -0.25) is 0 Å². The van der Waals surface area contributed by atoms with Gasteiger partial charge in [0.15, 0.2) is 0 Å². The standard InChI is InChI=1S/C17H28N2/c1-15-8-6-11-17(14-15)19(13-7-12-18)16-9-4-2-3-5-10-16/h6,8,11,14,16H,2-5,7,9-10,12-13,18H2,1H3. The van der Waals surface area contributed by atoms with Crippen molar-refractivity contribution >= 4 is 5.69 Å². The quantitative estimate of drug-likeness (QED) is 0.814. The number of nitrogens with two attached hydrogens (primary N) is 1. The van der Waals surface area contributed by atoms with Crippen molar-refractivity contribution in [3.05, 3.63) is 29.8 Å². The summed E-state index contributed by atoms with van der Waals surface area (Å²) >= 11 is 0. The number of aryl methyl sites for hydroxylation is 1. The van der Waals surface area contributed by atoms with Crippen molar-refractivity contribution in [2.24, 2.45) is 5.73 Å². The summed E-state index contributed by atoms with van der Waals surface area (Å²) in [5.41, 5.74) is 8.46. The van der Waals surface area contributed by atoms with Gasteiger partial charge in [0.05, 0.1) is 0 Å². The first-order valence-electron chi connectivity index (χ1n) is 7.84. The van der Waals surface area contributed by atoms with Gasteiger partial charge in [-0.2, -0.15) is 0 Å². The van der Waals surface area contributed by atoms with Crippen LogP contribution in [-0.4, -0.2) is 19.1 Å². The molecule has 1 aliphatic rings. The summed E-state index contributed by atoms with van der Waals surface area (Å²) in [6.07, 6.45) is 9.37. The summed E-state index contributed by atoms with van der Waals surface area (Å²) in [4.78, 5) is 2.62. The molecule has 0 aliphatic heterocycles. The largest absolute Gasteiger partial charge is 0.368 e. The highest BCUT2D eigenvalue weighted by Gasteiger charge is 2.20. The second-order valence-corrected chi connectivity index (χ2v) is 5.82. The fraction of sp³-hybridized carbons (Fsp3) is 0.647. The van der Waals surface area contributed by atoms with Gasteiger partial charge in [0.25, 0.3) is 0 Å². The predicted octanol–water partition coefficient (Wildman–Crippen LogP) is 3.87. The second kappa shape index (κ2) is 7.54. The number of hydrogen-bond donors (Lipinski definition) is 1. The van der Waals surface area contributed by atoms with Gasteiger partial charge in [0, 0.05) is 18.3 Å². The van der Waals surface area contributed by atoms with E-state index in [1.165, 1.54) is 49.8 Å². The zero-order valence-corrected chi connectivity index (χ0v) is 12.3. The van der Waals surface area contributed by atoms with Crippen LogP contribution in [0.4, 0.5) is 5.69 Å². The van der Waals surface area contributed by atoms with E-state index in [0.29, 0.717) is 0 Å². The first-order chi connectivity index (χ1) is 9.31. The maximum absolute atomic E-state index is 5.72. The number of anilines is 1. The zero-order chi connectivity index (χ0) is 13.5. The van der Waals surface area contributed by atoms with Crippen LogP contribution in [0.25, 0.3) is 0 Å². The Kier molecular flexibility index (Phi) is 5.71. The third kappa shape index (κ3) is 4.24. The Labute approximate surface area is 118 Å². The van der Waals surface area contributed by atoms with Crippen LogP contribution in [0.1, 0.15) is 50.5 Å². The van der Waals surface area contributed by atoms with Crippen molar-refractivity contribution in [3.8, 4) is 0 Å². The summed E-state index contributed by atoms with van der Waals surface area (Å²) in [5, 5.41) is 0. The Morgan fingerprint density at radius 3 is 2.53 bits per heavy atom. The van der Waals surface area contributed by atoms with Crippen LogP contribution >= 0.6 is 0 Å². The molecule has 1 aliphatic carbocycles. The minimum Gasteiger partial charge on any atom is -0.368 e. The smallest absolute Gasteiger partial charge is 0.0371 e. The second-order valence-electron chi connectivity index (χ2n) is 5.82. The van der Waals surface area contributed by atoms with Crippen molar-refractivity contribution < 1.29 is 0 Å². The van der Waals surface area contributed by atoms with E-state index in [-0.39, 0.29) is 0 Å². The molecule has 0 radical (unpaired) electrons. The molecule has 1 aromatic carbocycles. The maximum Gasteiger partial charge on any atom is 0.0371 e. The highest BCUT2D eigenvalue weighted by molar-refractivity contribution is 5.49. The van der Waals surface area contributed by atoms with E-state index in [9.17, 15) is 0 Å². The lowest BCUT2D eigenvalue weighted by atomic mass is 10.0. The van der Waals surface area contributed by atoms with Crippen LogP contribution in [0.5, 0.6) is 0 Å². The molecule has 2 nitrogen and oxygen atoms in total. The predicted molar refractivity (Wildman–Crippen MR) is 83.7 cm³/mol. The van der Waals surface area contributed by atoms with Gasteiger partial charge in [0.2, 0.25) is 0 Å². The number of rotatable bonds is 5. The van der Waals surface area contributed by atoms with Gasteiger partial charge in [-0.25, -0.2) is 0 Å². The minimum atomic E-state index is 0.718. The molecule has 0 saturated heterocycles. The van der Waals surface area contributed by atoms with Gasteiger partial charge in [-0.05, 0) is 50.4 Å². The molecular formula is C17H28N2. The van der Waals surface area contributed by atoms with E-state index in [1.807, 2.05) is 0 Å². The van der Waals surface area contributed by atoms with Crippen molar-refractivity contribution in [1.82, 2.24) is 0 Å².